The maximum absolute atomic E-state index is 12.4. The smallest absolute Gasteiger partial charge is 0.410 e. The van der Waals surface area contributed by atoms with Crippen LogP contribution >= 0.6 is 11.6 Å². The zero-order valence-electron chi connectivity index (χ0n) is 13.8. The van der Waals surface area contributed by atoms with E-state index in [-0.39, 0.29) is 17.2 Å². The minimum Gasteiger partial charge on any atom is -0.444 e. The highest BCUT2D eigenvalue weighted by Crippen LogP contribution is 2.22. The van der Waals surface area contributed by atoms with Crippen LogP contribution in [0.3, 0.4) is 0 Å². The highest BCUT2D eigenvalue weighted by Gasteiger charge is 2.31. The van der Waals surface area contributed by atoms with Gasteiger partial charge in [-0.2, -0.15) is 0 Å². The maximum atomic E-state index is 12.4. The summed E-state index contributed by atoms with van der Waals surface area (Å²) in [5, 5.41) is 0.571. The van der Waals surface area contributed by atoms with Gasteiger partial charge < -0.3 is 9.64 Å². The third-order valence-electron chi connectivity index (χ3n) is 3.42. The van der Waals surface area contributed by atoms with E-state index in [0.717, 1.165) is 12.0 Å². The predicted octanol–water partition coefficient (Wildman–Crippen LogP) is 2.80. The third kappa shape index (κ3) is 5.14. The van der Waals surface area contributed by atoms with Gasteiger partial charge in [-0.05, 0) is 40.0 Å². The second-order valence-electron chi connectivity index (χ2n) is 6.72. The fourth-order valence-corrected chi connectivity index (χ4v) is 3.66. The Morgan fingerprint density at radius 1 is 1.52 bits per heavy atom. The Balaban J connectivity index is 1.91. The summed E-state index contributed by atoms with van der Waals surface area (Å²) < 4.78 is 17.7. The molecule has 0 N–H and O–H groups in total. The average Bonchev–Trinajstić information content (AvgIpc) is 2.88. The Bertz CT molecular complexity index is 618. The molecule has 0 unspecified atom stereocenters. The predicted molar refractivity (Wildman–Crippen MR) is 89.0 cm³/mol. The summed E-state index contributed by atoms with van der Waals surface area (Å²) in [5.41, 5.74) is 0.245. The Labute approximate surface area is 144 Å². The standard InChI is InChI=1S/C15H22ClN3O3S/c1-10-7-17-13(18-12(10)16)23(21)9-11-5-6-19(8-11)14(20)22-15(2,3)4/h7,11H,5-6,8-9H2,1-4H3/t11-,23+/m0/s1. The molecule has 1 aromatic heterocycles. The van der Waals surface area contributed by atoms with Crippen LogP contribution in [0.25, 0.3) is 0 Å². The Kier molecular flexibility index (Phi) is 5.62. The minimum absolute atomic E-state index is 0.145. The molecular formula is C15H22ClN3O3S. The molecule has 0 radical (unpaired) electrons. The lowest BCUT2D eigenvalue weighted by molar-refractivity contribution is 0.0289. The molecule has 23 heavy (non-hydrogen) atoms. The monoisotopic (exact) mass is 359 g/mol. The zero-order chi connectivity index (χ0) is 17.2. The van der Waals surface area contributed by atoms with Crippen LogP contribution in [0.15, 0.2) is 11.4 Å². The molecule has 1 fully saturated rings. The van der Waals surface area contributed by atoms with Crippen LogP contribution in [0, 0.1) is 12.8 Å². The lowest BCUT2D eigenvalue weighted by Gasteiger charge is -2.24. The van der Waals surface area contributed by atoms with Crippen LogP contribution in [0.1, 0.15) is 32.8 Å². The van der Waals surface area contributed by atoms with E-state index in [1.54, 1.807) is 18.0 Å². The van der Waals surface area contributed by atoms with Gasteiger partial charge in [0.2, 0.25) is 5.16 Å². The fourth-order valence-electron chi connectivity index (χ4n) is 2.27. The van der Waals surface area contributed by atoms with Crippen LogP contribution in [0.5, 0.6) is 0 Å². The average molecular weight is 360 g/mol. The number of ether oxygens (including phenoxy) is 1. The number of carbonyl (C=O) groups excluding carboxylic acids is 1. The molecule has 2 rings (SSSR count). The van der Waals surface area contributed by atoms with Crippen LogP contribution < -0.4 is 0 Å². The summed E-state index contributed by atoms with van der Waals surface area (Å²) in [6.07, 6.45) is 2.05. The molecule has 1 amide bonds. The highest BCUT2D eigenvalue weighted by atomic mass is 35.5. The molecule has 1 aliphatic rings. The first-order valence-electron chi connectivity index (χ1n) is 7.51. The summed E-state index contributed by atoms with van der Waals surface area (Å²) in [7, 11) is -1.32. The summed E-state index contributed by atoms with van der Waals surface area (Å²) in [6.45, 7) is 8.47. The van der Waals surface area contributed by atoms with Gasteiger partial charge in [0.05, 0.1) is 10.8 Å². The first kappa shape index (κ1) is 18.1. The number of nitrogens with zero attached hydrogens (tertiary/aromatic N) is 3. The molecule has 8 heteroatoms. The Hall–Kier alpha value is -1.21. The zero-order valence-corrected chi connectivity index (χ0v) is 15.4. The SMILES string of the molecule is Cc1cnc([S@](=O)C[C@H]2CCN(C(=O)OC(C)(C)C)C2)nc1Cl. The molecular weight excluding hydrogens is 338 g/mol. The van der Waals surface area contributed by atoms with Gasteiger partial charge in [-0.15, -0.1) is 0 Å². The molecule has 0 bridgehead atoms. The van der Waals surface area contributed by atoms with Crippen molar-refractivity contribution in [3.05, 3.63) is 16.9 Å². The van der Waals surface area contributed by atoms with E-state index in [1.807, 2.05) is 20.8 Å². The Morgan fingerprint density at radius 3 is 2.83 bits per heavy atom. The van der Waals surface area contributed by atoms with Gasteiger partial charge >= 0.3 is 6.09 Å². The molecule has 6 nitrogen and oxygen atoms in total. The van der Waals surface area contributed by atoms with E-state index in [2.05, 4.69) is 9.97 Å². The number of rotatable bonds is 3. The van der Waals surface area contributed by atoms with Crippen LogP contribution in [-0.4, -0.2) is 49.6 Å². The number of amides is 1. The van der Waals surface area contributed by atoms with Crippen molar-refractivity contribution in [2.45, 2.75) is 44.9 Å². The number of aryl methyl sites for hydroxylation is 1. The van der Waals surface area contributed by atoms with Crippen molar-refractivity contribution in [3.63, 3.8) is 0 Å². The van der Waals surface area contributed by atoms with Crippen molar-refractivity contribution in [3.8, 4) is 0 Å². The second-order valence-corrected chi connectivity index (χ2v) is 8.47. The molecule has 1 aliphatic heterocycles. The highest BCUT2D eigenvalue weighted by molar-refractivity contribution is 7.84. The van der Waals surface area contributed by atoms with Crippen molar-refractivity contribution in [1.29, 1.82) is 0 Å². The van der Waals surface area contributed by atoms with Gasteiger partial charge in [0.25, 0.3) is 0 Å². The number of aromatic nitrogens is 2. The molecule has 0 aliphatic carbocycles. The van der Waals surface area contributed by atoms with Crippen molar-refractivity contribution < 1.29 is 13.7 Å². The lowest BCUT2D eigenvalue weighted by atomic mass is 10.2. The second kappa shape index (κ2) is 7.13. The normalized spacial score (nSPS) is 19.7. The van der Waals surface area contributed by atoms with Crippen LogP contribution in [0.2, 0.25) is 5.15 Å². The summed E-state index contributed by atoms with van der Waals surface area (Å²) in [4.78, 5) is 21.8. The third-order valence-corrected chi connectivity index (χ3v) is 5.18. The largest absolute Gasteiger partial charge is 0.444 e. The quantitative estimate of drug-likeness (QED) is 0.613. The molecule has 1 saturated heterocycles. The lowest BCUT2D eigenvalue weighted by Crippen LogP contribution is -2.35. The van der Waals surface area contributed by atoms with Crippen molar-refractivity contribution in [2.24, 2.45) is 5.92 Å². The number of hydrogen-bond donors (Lipinski definition) is 0. The molecule has 0 spiro atoms. The van der Waals surface area contributed by atoms with E-state index in [0.29, 0.717) is 24.0 Å². The van der Waals surface area contributed by atoms with E-state index in [1.165, 1.54) is 0 Å². The van der Waals surface area contributed by atoms with Gasteiger partial charge in [-0.3, -0.25) is 4.21 Å². The van der Waals surface area contributed by atoms with Gasteiger partial charge in [-0.1, -0.05) is 11.6 Å². The minimum atomic E-state index is -1.32. The van der Waals surface area contributed by atoms with E-state index >= 15 is 0 Å². The number of hydrogen-bond acceptors (Lipinski definition) is 5. The first-order valence-corrected chi connectivity index (χ1v) is 9.21. The van der Waals surface area contributed by atoms with Gasteiger partial charge in [0.1, 0.15) is 10.8 Å². The van der Waals surface area contributed by atoms with E-state index in [4.69, 9.17) is 16.3 Å². The van der Waals surface area contributed by atoms with Crippen molar-refractivity contribution in [1.82, 2.24) is 14.9 Å². The van der Waals surface area contributed by atoms with Crippen molar-refractivity contribution >= 4 is 28.5 Å². The van der Waals surface area contributed by atoms with Crippen molar-refractivity contribution in [2.75, 3.05) is 18.8 Å². The maximum Gasteiger partial charge on any atom is 0.410 e. The fraction of sp³-hybridized carbons (Fsp3) is 0.667. The number of likely N-dealkylation sites (tertiary alicyclic amines) is 1. The number of carbonyl (C=O) groups is 1. The van der Waals surface area contributed by atoms with Crippen LogP contribution in [-0.2, 0) is 15.5 Å². The van der Waals surface area contributed by atoms with Gasteiger partial charge in [0.15, 0.2) is 0 Å². The van der Waals surface area contributed by atoms with Gasteiger partial charge in [-0.25, -0.2) is 14.8 Å². The summed E-state index contributed by atoms with van der Waals surface area (Å²) in [6, 6.07) is 0. The molecule has 2 atom stereocenters. The molecule has 2 heterocycles. The Morgan fingerprint density at radius 2 is 2.22 bits per heavy atom. The molecule has 1 aromatic rings. The molecule has 128 valence electrons. The molecule has 0 aromatic carbocycles. The van der Waals surface area contributed by atoms with Gasteiger partial charge in [0, 0.05) is 30.6 Å². The van der Waals surface area contributed by atoms with E-state index in [9.17, 15) is 9.00 Å². The molecule has 0 saturated carbocycles. The summed E-state index contributed by atoms with van der Waals surface area (Å²) >= 11 is 5.95. The van der Waals surface area contributed by atoms with E-state index < -0.39 is 16.4 Å². The number of halogens is 1. The summed E-state index contributed by atoms with van der Waals surface area (Å²) in [5.74, 6) is 0.561. The first-order chi connectivity index (χ1) is 10.7. The topological polar surface area (TPSA) is 72.4 Å². The van der Waals surface area contributed by atoms with Crippen LogP contribution in [0.4, 0.5) is 4.79 Å².